The van der Waals surface area contributed by atoms with Crippen molar-refractivity contribution in [2.45, 2.75) is 0 Å². The summed E-state index contributed by atoms with van der Waals surface area (Å²) in [6, 6.07) is 0. The average Bonchev–Trinajstić information content (AvgIpc) is 3.18. The zero-order valence-electron chi connectivity index (χ0n) is 12.1. The maximum absolute atomic E-state index is 12.3. The summed E-state index contributed by atoms with van der Waals surface area (Å²) in [5.41, 5.74) is 0.592. The second-order valence-electron chi connectivity index (χ2n) is 4.74. The molecular formula is C12H12N8O2. The number of nitrogens with zero attached hydrogens (tertiary/aromatic N) is 8. The minimum atomic E-state index is -0.405. The highest BCUT2D eigenvalue weighted by atomic mass is 16.1. The van der Waals surface area contributed by atoms with Crippen LogP contribution in [0.1, 0.15) is 32.5 Å². The van der Waals surface area contributed by atoms with E-state index in [1.807, 2.05) is 0 Å². The summed E-state index contributed by atoms with van der Waals surface area (Å²) in [7, 11) is 4.90. The number of aromatic nitrogens is 8. The smallest absolute Gasteiger partial charge is 0.250 e. The molecule has 0 aliphatic heterocycles. The number of rotatable bonds is 4. The highest BCUT2D eigenvalue weighted by Gasteiger charge is 2.23. The molecule has 3 heterocycles. The molecule has 0 spiro atoms. The van der Waals surface area contributed by atoms with Gasteiger partial charge < -0.3 is 4.57 Å². The van der Waals surface area contributed by atoms with E-state index in [4.69, 9.17) is 0 Å². The van der Waals surface area contributed by atoms with Crippen molar-refractivity contribution in [3.05, 3.63) is 41.5 Å². The first kappa shape index (κ1) is 13.8. The first-order valence-corrected chi connectivity index (χ1v) is 6.31. The molecule has 0 radical (unpaired) electrons. The third kappa shape index (κ3) is 2.20. The Morgan fingerprint density at radius 1 is 1.00 bits per heavy atom. The van der Waals surface area contributed by atoms with Gasteiger partial charge in [-0.05, 0) is 0 Å². The van der Waals surface area contributed by atoms with Crippen LogP contribution in [-0.2, 0) is 21.1 Å². The first-order valence-electron chi connectivity index (χ1n) is 6.31. The van der Waals surface area contributed by atoms with Gasteiger partial charge in [0.1, 0.15) is 11.4 Å². The van der Waals surface area contributed by atoms with Crippen molar-refractivity contribution in [1.29, 1.82) is 0 Å². The molecule has 3 aromatic rings. The molecule has 0 fully saturated rings. The Morgan fingerprint density at radius 3 is 2.36 bits per heavy atom. The molecule has 0 aliphatic carbocycles. The van der Waals surface area contributed by atoms with Crippen LogP contribution in [-0.4, -0.2) is 51.1 Å². The van der Waals surface area contributed by atoms with Crippen molar-refractivity contribution in [1.82, 2.24) is 39.5 Å². The maximum atomic E-state index is 12.3. The Kier molecular flexibility index (Phi) is 3.13. The van der Waals surface area contributed by atoms with Crippen molar-refractivity contribution >= 4 is 11.6 Å². The third-order valence-electron chi connectivity index (χ3n) is 3.09. The lowest BCUT2D eigenvalue weighted by Crippen LogP contribution is -2.10. The quantitative estimate of drug-likeness (QED) is 0.576. The van der Waals surface area contributed by atoms with Gasteiger partial charge in [0, 0.05) is 27.3 Å². The van der Waals surface area contributed by atoms with Crippen molar-refractivity contribution in [3.63, 3.8) is 0 Å². The Bertz CT molecular complexity index is 871. The summed E-state index contributed by atoms with van der Waals surface area (Å²) in [6.07, 6.45) is 4.32. The fraction of sp³-hybridized carbons (Fsp3) is 0.250. The molecule has 0 bridgehead atoms. The van der Waals surface area contributed by atoms with E-state index in [0.717, 1.165) is 0 Å². The molecule has 10 nitrogen and oxygen atoms in total. The molecule has 0 N–H and O–H groups in total. The van der Waals surface area contributed by atoms with Gasteiger partial charge in [0.15, 0.2) is 11.5 Å². The van der Waals surface area contributed by atoms with E-state index in [1.54, 1.807) is 21.1 Å². The molecule has 10 heteroatoms. The number of aryl methyl sites for hydroxylation is 3. The second-order valence-corrected chi connectivity index (χ2v) is 4.74. The standard InChI is InChI=1S/C12H12N8O2/c1-18-5-7(10(21)9-4-13-16-20(9)3)14-12(18)11(22)8-6-19(2)17-15-8/h4-6H,1-3H3. The summed E-state index contributed by atoms with van der Waals surface area (Å²) in [5, 5.41) is 14.8. The molecule has 3 rings (SSSR count). The van der Waals surface area contributed by atoms with Gasteiger partial charge in [-0.1, -0.05) is 10.4 Å². The topological polar surface area (TPSA) is 113 Å². The molecule has 0 unspecified atom stereocenters. The summed E-state index contributed by atoms with van der Waals surface area (Å²) < 4.78 is 4.25. The molecule has 0 aliphatic rings. The van der Waals surface area contributed by atoms with E-state index in [-0.39, 0.29) is 28.7 Å². The van der Waals surface area contributed by atoms with Crippen molar-refractivity contribution in [2.75, 3.05) is 0 Å². The van der Waals surface area contributed by atoms with E-state index in [2.05, 4.69) is 25.6 Å². The second kappa shape index (κ2) is 4.98. The summed E-state index contributed by atoms with van der Waals surface area (Å²) in [4.78, 5) is 28.8. The van der Waals surface area contributed by atoms with Gasteiger partial charge in [0.05, 0.1) is 12.4 Å². The van der Waals surface area contributed by atoms with Gasteiger partial charge in [-0.3, -0.25) is 14.3 Å². The highest BCUT2D eigenvalue weighted by molar-refractivity contribution is 6.09. The van der Waals surface area contributed by atoms with Gasteiger partial charge in [-0.2, -0.15) is 0 Å². The van der Waals surface area contributed by atoms with Crippen molar-refractivity contribution in [2.24, 2.45) is 21.1 Å². The number of imidazole rings is 1. The molecular weight excluding hydrogens is 288 g/mol. The maximum Gasteiger partial charge on any atom is 0.250 e. The largest absolute Gasteiger partial charge is 0.330 e. The number of hydrogen-bond acceptors (Lipinski definition) is 7. The van der Waals surface area contributed by atoms with Gasteiger partial charge >= 0.3 is 0 Å². The third-order valence-corrected chi connectivity index (χ3v) is 3.09. The van der Waals surface area contributed by atoms with Crippen LogP contribution in [0, 0.1) is 0 Å². The molecule has 112 valence electrons. The van der Waals surface area contributed by atoms with Crippen LogP contribution in [0.5, 0.6) is 0 Å². The predicted molar refractivity (Wildman–Crippen MR) is 72.1 cm³/mol. The van der Waals surface area contributed by atoms with Gasteiger partial charge in [0.25, 0.3) is 0 Å². The highest BCUT2D eigenvalue weighted by Crippen LogP contribution is 2.11. The first-order chi connectivity index (χ1) is 10.5. The fourth-order valence-corrected chi connectivity index (χ4v) is 1.98. The monoisotopic (exact) mass is 300 g/mol. The van der Waals surface area contributed by atoms with Crippen LogP contribution in [0.3, 0.4) is 0 Å². The van der Waals surface area contributed by atoms with Gasteiger partial charge in [-0.15, -0.1) is 10.2 Å². The average molecular weight is 300 g/mol. The van der Waals surface area contributed by atoms with Crippen LogP contribution in [0.25, 0.3) is 0 Å². The van der Waals surface area contributed by atoms with E-state index >= 15 is 0 Å². The minimum absolute atomic E-state index is 0.110. The Morgan fingerprint density at radius 2 is 1.77 bits per heavy atom. The number of ketones is 2. The molecule has 0 saturated carbocycles. The summed E-state index contributed by atoms with van der Waals surface area (Å²) in [6.45, 7) is 0. The number of carbonyl (C=O) groups excluding carboxylic acids is 2. The lowest BCUT2D eigenvalue weighted by atomic mass is 10.2. The Labute approximate surface area is 124 Å². The molecule has 0 saturated heterocycles. The minimum Gasteiger partial charge on any atom is -0.330 e. The van der Waals surface area contributed by atoms with Crippen molar-refractivity contribution < 1.29 is 9.59 Å². The normalized spacial score (nSPS) is 10.9. The van der Waals surface area contributed by atoms with Crippen LogP contribution in [0.15, 0.2) is 18.6 Å². The zero-order valence-corrected chi connectivity index (χ0v) is 12.1. The van der Waals surface area contributed by atoms with E-state index < -0.39 is 5.78 Å². The van der Waals surface area contributed by atoms with E-state index in [1.165, 1.54) is 32.5 Å². The van der Waals surface area contributed by atoms with Crippen LogP contribution < -0.4 is 0 Å². The van der Waals surface area contributed by atoms with Gasteiger partial charge in [-0.25, -0.2) is 9.67 Å². The van der Waals surface area contributed by atoms with E-state index in [9.17, 15) is 9.59 Å². The van der Waals surface area contributed by atoms with Crippen LogP contribution in [0.4, 0.5) is 0 Å². The molecule has 0 atom stereocenters. The Hall–Kier alpha value is -3.17. The summed E-state index contributed by atoms with van der Waals surface area (Å²) >= 11 is 0. The zero-order chi connectivity index (χ0) is 15.9. The SMILES string of the molecule is Cn1cc(C(=O)c2nc(C(=O)c3cnnn3C)cn2C)nn1. The molecule has 22 heavy (non-hydrogen) atoms. The Balaban J connectivity index is 1.96. The molecule has 3 aromatic heterocycles. The van der Waals surface area contributed by atoms with Crippen LogP contribution in [0.2, 0.25) is 0 Å². The molecule has 0 aromatic carbocycles. The fourth-order valence-electron chi connectivity index (χ4n) is 1.98. The lowest BCUT2D eigenvalue weighted by Gasteiger charge is -1.95. The number of carbonyl (C=O) groups is 2. The summed E-state index contributed by atoms with van der Waals surface area (Å²) in [5.74, 6) is -0.655. The van der Waals surface area contributed by atoms with E-state index in [0.29, 0.717) is 0 Å². The van der Waals surface area contributed by atoms with Gasteiger partial charge in [0.2, 0.25) is 11.6 Å². The number of hydrogen-bond donors (Lipinski definition) is 0. The molecule has 0 amide bonds. The van der Waals surface area contributed by atoms with Crippen LogP contribution >= 0.6 is 0 Å². The van der Waals surface area contributed by atoms with Crippen molar-refractivity contribution in [3.8, 4) is 0 Å². The predicted octanol–water partition coefficient (Wildman–Crippen LogP) is -0.861. The lowest BCUT2D eigenvalue weighted by molar-refractivity contribution is 0.102.